The van der Waals surface area contributed by atoms with Gasteiger partial charge in [0.2, 0.25) is 0 Å². The maximum absolute atomic E-state index is 11.8. The Labute approximate surface area is 113 Å². The molecule has 18 heavy (non-hydrogen) atoms. The smallest absolute Gasteiger partial charge is 0.251 e. The molecule has 97 valence electrons. The molecule has 1 aromatic carbocycles. The predicted molar refractivity (Wildman–Crippen MR) is 73.8 cm³/mol. The Morgan fingerprint density at radius 3 is 3.06 bits per heavy atom. The fourth-order valence-corrected chi connectivity index (χ4v) is 2.27. The Kier molecular flexibility index (Phi) is 5.02. The fraction of sp³-hybridized carbons (Fsp3) is 0.429. The molecule has 0 bridgehead atoms. The number of rotatable bonds is 5. The third-order valence-corrected chi connectivity index (χ3v) is 3.30. The number of halogens is 1. The molecular weight excluding hydrogens is 248 g/mol. The summed E-state index contributed by atoms with van der Waals surface area (Å²) >= 11 is 5.85. The van der Waals surface area contributed by atoms with Gasteiger partial charge < -0.3 is 10.2 Å². The second-order valence-electron chi connectivity index (χ2n) is 4.50. The number of hydrogen-bond acceptors (Lipinski definition) is 2. The molecule has 1 aromatic rings. The molecule has 1 heterocycles. The van der Waals surface area contributed by atoms with Crippen molar-refractivity contribution >= 4 is 17.5 Å². The zero-order valence-corrected chi connectivity index (χ0v) is 11.1. The quantitative estimate of drug-likeness (QED) is 0.829. The molecule has 0 aliphatic carbocycles. The normalized spacial score (nSPS) is 15.8. The summed E-state index contributed by atoms with van der Waals surface area (Å²) in [5.41, 5.74) is 0.622. The van der Waals surface area contributed by atoms with Gasteiger partial charge in [-0.3, -0.25) is 4.79 Å². The van der Waals surface area contributed by atoms with Gasteiger partial charge in [0, 0.05) is 23.7 Å². The van der Waals surface area contributed by atoms with Gasteiger partial charge in [-0.1, -0.05) is 17.7 Å². The number of nitrogens with zero attached hydrogens (tertiary/aromatic N) is 1. The predicted octanol–water partition coefficient (Wildman–Crippen LogP) is 2.37. The van der Waals surface area contributed by atoms with Crippen molar-refractivity contribution in [1.29, 1.82) is 0 Å². The first-order valence-corrected chi connectivity index (χ1v) is 6.71. The van der Waals surface area contributed by atoms with Gasteiger partial charge >= 0.3 is 0 Å². The number of amides is 1. The van der Waals surface area contributed by atoms with E-state index in [0.717, 1.165) is 26.1 Å². The Morgan fingerprint density at radius 1 is 1.44 bits per heavy atom. The average molecular weight is 266 g/mol. The third-order valence-electron chi connectivity index (χ3n) is 3.06. The van der Waals surface area contributed by atoms with Crippen molar-refractivity contribution in [3.8, 4) is 0 Å². The zero-order chi connectivity index (χ0) is 12.8. The summed E-state index contributed by atoms with van der Waals surface area (Å²) in [7, 11) is 0. The summed E-state index contributed by atoms with van der Waals surface area (Å²) < 4.78 is 0. The molecule has 0 spiro atoms. The van der Waals surface area contributed by atoms with Crippen molar-refractivity contribution in [2.45, 2.75) is 12.8 Å². The van der Waals surface area contributed by atoms with Gasteiger partial charge in [-0.15, -0.1) is 0 Å². The SMILES string of the molecule is O=C(NCCCN1C[CH]CC1)c1cccc(Cl)c1. The number of benzene rings is 1. The van der Waals surface area contributed by atoms with E-state index in [2.05, 4.69) is 16.6 Å². The third kappa shape index (κ3) is 4.00. The highest BCUT2D eigenvalue weighted by Crippen LogP contribution is 2.10. The lowest BCUT2D eigenvalue weighted by Crippen LogP contribution is -2.28. The van der Waals surface area contributed by atoms with Crippen LogP contribution in [-0.4, -0.2) is 37.0 Å². The summed E-state index contributed by atoms with van der Waals surface area (Å²) in [6.45, 7) is 4.00. The van der Waals surface area contributed by atoms with Crippen LogP contribution in [0.1, 0.15) is 23.2 Å². The molecule has 1 saturated heterocycles. The van der Waals surface area contributed by atoms with E-state index >= 15 is 0 Å². The first kappa shape index (κ1) is 13.4. The van der Waals surface area contributed by atoms with E-state index < -0.39 is 0 Å². The first-order valence-electron chi connectivity index (χ1n) is 6.33. The maximum atomic E-state index is 11.8. The fourth-order valence-electron chi connectivity index (χ4n) is 2.08. The summed E-state index contributed by atoms with van der Waals surface area (Å²) in [6, 6.07) is 7.02. The summed E-state index contributed by atoms with van der Waals surface area (Å²) in [5.74, 6) is -0.0505. The minimum atomic E-state index is -0.0505. The van der Waals surface area contributed by atoms with Gasteiger partial charge in [-0.2, -0.15) is 0 Å². The van der Waals surface area contributed by atoms with Crippen molar-refractivity contribution in [3.63, 3.8) is 0 Å². The largest absolute Gasteiger partial charge is 0.352 e. The lowest BCUT2D eigenvalue weighted by Gasteiger charge is -2.14. The first-order chi connectivity index (χ1) is 8.75. The van der Waals surface area contributed by atoms with Gasteiger partial charge in [-0.05, 0) is 50.6 Å². The summed E-state index contributed by atoms with van der Waals surface area (Å²) in [6.07, 6.45) is 4.47. The number of nitrogens with one attached hydrogen (secondary N) is 1. The molecule has 0 aromatic heterocycles. The number of likely N-dealkylation sites (tertiary alicyclic amines) is 1. The molecule has 0 atom stereocenters. The maximum Gasteiger partial charge on any atom is 0.251 e. The molecule has 2 rings (SSSR count). The molecule has 4 heteroatoms. The van der Waals surface area contributed by atoms with Crippen molar-refractivity contribution < 1.29 is 4.79 Å². The molecule has 1 radical (unpaired) electrons. The highest BCUT2D eigenvalue weighted by molar-refractivity contribution is 6.30. The minimum Gasteiger partial charge on any atom is -0.352 e. The van der Waals surface area contributed by atoms with E-state index in [0.29, 0.717) is 17.1 Å². The van der Waals surface area contributed by atoms with Crippen LogP contribution < -0.4 is 5.32 Å². The Bertz CT molecular complexity index is 403. The van der Waals surface area contributed by atoms with Crippen LogP contribution in [0.2, 0.25) is 5.02 Å². The number of carbonyl (C=O) groups excluding carboxylic acids is 1. The molecule has 3 nitrogen and oxygen atoms in total. The summed E-state index contributed by atoms with van der Waals surface area (Å²) in [5, 5.41) is 3.51. The molecule has 0 unspecified atom stereocenters. The van der Waals surface area contributed by atoms with E-state index in [1.165, 1.54) is 6.42 Å². The lowest BCUT2D eigenvalue weighted by atomic mass is 10.2. The Morgan fingerprint density at radius 2 is 2.33 bits per heavy atom. The zero-order valence-electron chi connectivity index (χ0n) is 10.4. The second-order valence-corrected chi connectivity index (χ2v) is 4.93. The van der Waals surface area contributed by atoms with E-state index in [1.54, 1.807) is 24.3 Å². The van der Waals surface area contributed by atoms with Crippen LogP contribution in [0, 0.1) is 6.42 Å². The molecule has 1 amide bonds. The minimum absolute atomic E-state index is 0.0505. The van der Waals surface area contributed by atoms with Crippen LogP contribution >= 0.6 is 11.6 Å². The van der Waals surface area contributed by atoms with Gasteiger partial charge in [0.05, 0.1) is 0 Å². The second kappa shape index (κ2) is 6.76. The Hall–Kier alpha value is -1.06. The van der Waals surface area contributed by atoms with Crippen LogP contribution in [0.5, 0.6) is 0 Å². The van der Waals surface area contributed by atoms with Crippen molar-refractivity contribution in [2.24, 2.45) is 0 Å². The summed E-state index contributed by atoms with van der Waals surface area (Å²) in [4.78, 5) is 14.2. The highest BCUT2D eigenvalue weighted by atomic mass is 35.5. The number of carbonyl (C=O) groups is 1. The van der Waals surface area contributed by atoms with Crippen LogP contribution in [0.3, 0.4) is 0 Å². The average Bonchev–Trinajstić information content (AvgIpc) is 2.87. The van der Waals surface area contributed by atoms with Crippen LogP contribution in [0.25, 0.3) is 0 Å². The van der Waals surface area contributed by atoms with Crippen molar-refractivity contribution in [1.82, 2.24) is 10.2 Å². The van der Waals surface area contributed by atoms with Crippen LogP contribution in [0.4, 0.5) is 0 Å². The molecule has 1 aliphatic heterocycles. The van der Waals surface area contributed by atoms with Gasteiger partial charge in [-0.25, -0.2) is 0 Å². The molecule has 1 N–H and O–H groups in total. The van der Waals surface area contributed by atoms with Crippen LogP contribution in [-0.2, 0) is 0 Å². The topological polar surface area (TPSA) is 32.3 Å². The molecule has 0 saturated carbocycles. The van der Waals surface area contributed by atoms with E-state index in [9.17, 15) is 4.79 Å². The van der Waals surface area contributed by atoms with Gasteiger partial charge in [0.1, 0.15) is 0 Å². The van der Waals surface area contributed by atoms with Gasteiger partial charge in [0.15, 0.2) is 0 Å². The molecular formula is C14H18ClN2O. The molecule has 1 fully saturated rings. The monoisotopic (exact) mass is 265 g/mol. The Balaban J connectivity index is 1.68. The van der Waals surface area contributed by atoms with Gasteiger partial charge in [0.25, 0.3) is 5.91 Å². The highest BCUT2D eigenvalue weighted by Gasteiger charge is 2.11. The van der Waals surface area contributed by atoms with Crippen LogP contribution in [0.15, 0.2) is 24.3 Å². The van der Waals surface area contributed by atoms with Crippen molar-refractivity contribution in [3.05, 3.63) is 41.3 Å². The number of hydrogen-bond donors (Lipinski definition) is 1. The van der Waals surface area contributed by atoms with E-state index in [-0.39, 0.29) is 5.91 Å². The van der Waals surface area contributed by atoms with E-state index in [4.69, 9.17) is 11.6 Å². The standard InChI is InChI=1S/C14H18ClN2O/c15-13-6-3-5-12(11-13)14(18)16-7-4-10-17-8-1-2-9-17/h1,3,5-6,11H,2,4,7-10H2,(H,16,18). The molecule has 1 aliphatic rings. The van der Waals surface area contributed by atoms with Crippen molar-refractivity contribution in [2.75, 3.05) is 26.2 Å². The lowest BCUT2D eigenvalue weighted by molar-refractivity contribution is 0.0952. The van der Waals surface area contributed by atoms with E-state index in [1.807, 2.05) is 0 Å².